The molecule has 0 saturated heterocycles. The number of halogens is 4. The van der Waals surface area contributed by atoms with Crippen LogP contribution in [0.3, 0.4) is 0 Å². The molecule has 0 aliphatic heterocycles. The summed E-state index contributed by atoms with van der Waals surface area (Å²) in [6.07, 6.45) is -2.05. The maximum absolute atomic E-state index is 11.5. The van der Waals surface area contributed by atoms with Gasteiger partial charge in [0.15, 0.2) is 0 Å². The van der Waals surface area contributed by atoms with Crippen LogP contribution in [0.1, 0.15) is 19.3 Å². The zero-order valence-electron chi connectivity index (χ0n) is 5.42. The Morgan fingerprint density at radius 2 is 1.80 bits per heavy atom. The van der Waals surface area contributed by atoms with E-state index in [2.05, 4.69) is 22.6 Å². The molecule has 0 unspecified atom stereocenters. The molecule has 0 amide bonds. The van der Waals surface area contributed by atoms with Gasteiger partial charge in [0.2, 0.25) is 0 Å². The summed E-state index contributed by atoms with van der Waals surface area (Å²) in [4.78, 5) is 0. The molecule has 0 aliphatic carbocycles. The van der Waals surface area contributed by atoms with Gasteiger partial charge >= 0.3 is 6.18 Å². The fourth-order valence-electron chi connectivity index (χ4n) is 0.487. The van der Waals surface area contributed by atoms with Crippen LogP contribution < -0.4 is 0 Å². The summed E-state index contributed by atoms with van der Waals surface area (Å²) in [7, 11) is 0. The molecule has 0 aromatic carbocycles. The monoisotopic (exact) mass is 265 g/mol. The molecule has 0 fully saturated rings. The van der Waals surface area contributed by atoms with E-state index in [0.29, 0.717) is 0 Å². The summed E-state index contributed by atoms with van der Waals surface area (Å²) in [5, 5.41) is 0. The molecule has 0 heterocycles. The van der Waals surface area contributed by atoms with E-state index >= 15 is 0 Å². The first-order valence-corrected chi connectivity index (χ1v) is 4.53. The van der Waals surface area contributed by atoms with Crippen LogP contribution in [0.15, 0.2) is 0 Å². The van der Waals surface area contributed by atoms with E-state index in [1.165, 1.54) is 0 Å². The van der Waals surface area contributed by atoms with E-state index in [1.807, 2.05) is 0 Å². The molecule has 10 heavy (non-hydrogen) atoms. The molecule has 0 rings (SSSR count). The normalized spacial score (nSPS) is 12.0. The van der Waals surface area contributed by atoms with Crippen LogP contribution in [0.2, 0.25) is 0 Å². The molecule has 0 aromatic heterocycles. The average Bonchev–Trinajstić information content (AvgIpc) is 1.78. The molecule has 0 bridgehead atoms. The van der Waals surface area contributed by atoms with Crippen molar-refractivity contribution < 1.29 is 13.2 Å². The first-order chi connectivity index (χ1) is 4.56. The maximum Gasteiger partial charge on any atom is 0.389 e. The van der Waals surface area contributed by atoms with Crippen molar-refractivity contribution in [1.82, 2.24) is 0 Å². The third-order valence-electron chi connectivity index (χ3n) is 0.945. The minimum Gasteiger partial charge on any atom is -0.171 e. The highest BCUT2D eigenvalue weighted by Gasteiger charge is 2.25. The molecule has 0 N–H and O–H groups in total. The molecular formula is C6H9F3I. The summed E-state index contributed by atoms with van der Waals surface area (Å²) in [6.45, 7) is 0. The van der Waals surface area contributed by atoms with E-state index in [4.69, 9.17) is 0 Å². The van der Waals surface area contributed by atoms with E-state index in [-0.39, 0.29) is 6.42 Å². The molecular weight excluding hydrogens is 256 g/mol. The van der Waals surface area contributed by atoms with Gasteiger partial charge in [-0.05, 0) is 23.7 Å². The smallest absolute Gasteiger partial charge is 0.171 e. The first kappa shape index (κ1) is 10.5. The topological polar surface area (TPSA) is 0 Å². The van der Waals surface area contributed by atoms with Gasteiger partial charge in [0, 0.05) is 6.42 Å². The van der Waals surface area contributed by atoms with Gasteiger partial charge in [-0.1, -0.05) is 22.6 Å². The summed E-state index contributed by atoms with van der Waals surface area (Å²) >= 11 is 2.14. The average molecular weight is 265 g/mol. The standard InChI is InChI=1S/C6H9F3I/c7-6(8,9)4-2-1-3-5-10/h1H,2-5H2. The minimum atomic E-state index is -3.98. The van der Waals surface area contributed by atoms with Crippen molar-refractivity contribution in [3.63, 3.8) is 0 Å². The third kappa shape index (κ3) is 8.52. The summed E-state index contributed by atoms with van der Waals surface area (Å²) < 4.78 is 35.3. The van der Waals surface area contributed by atoms with Crippen molar-refractivity contribution in [3.8, 4) is 0 Å². The van der Waals surface area contributed by atoms with Gasteiger partial charge in [-0.25, -0.2) is 0 Å². The second-order valence-corrected chi connectivity index (χ2v) is 3.00. The lowest BCUT2D eigenvalue weighted by molar-refractivity contribution is -0.134. The highest BCUT2D eigenvalue weighted by molar-refractivity contribution is 14.1. The van der Waals surface area contributed by atoms with Crippen molar-refractivity contribution >= 4 is 22.6 Å². The number of rotatable bonds is 4. The third-order valence-corrected chi connectivity index (χ3v) is 1.57. The second-order valence-electron chi connectivity index (χ2n) is 1.92. The Bertz CT molecular complexity index is 79.6. The van der Waals surface area contributed by atoms with E-state index in [1.54, 1.807) is 6.42 Å². The molecule has 0 nitrogen and oxygen atoms in total. The molecule has 0 atom stereocenters. The molecule has 4 heteroatoms. The Kier molecular flexibility index (Phi) is 5.48. The Balaban J connectivity index is 3.04. The van der Waals surface area contributed by atoms with Gasteiger partial charge < -0.3 is 0 Å². The number of unbranched alkanes of at least 4 members (excludes halogenated alkanes) is 2. The predicted molar refractivity (Wildman–Crippen MR) is 43.1 cm³/mol. The predicted octanol–water partition coefficient (Wildman–Crippen LogP) is 3.36. The summed E-state index contributed by atoms with van der Waals surface area (Å²) in [6, 6.07) is 0. The van der Waals surface area contributed by atoms with Crippen molar-refractivity contribution in [1.29, 1.82) is 0 Å². The SMILES string of the molecule is FC(F)(F)CC[CH]CCI. The number of alkyl halides is 4. The second kappa shape index (κ2) is 5.21. The zero-order valence-corrected chi connectivity index (χ0v) is 7.58. The fourth-order valence-corrected chi connectivity index (χ4v) is 0.928. The Hall–Kier alpha value is 0.520. The van der Waals surface area contributed by atoms with Crippen LogP contribution in [-0.2, 0) is 0 Å². The quantitative estimate of drug-likeness (QED) is 0.415. The van der Waals surface area contributed by atoms with Crippen molar-refractivity contribution in [2.24, 2.45) is 0 Å². The van der Waals surface area contributed by atoms with Gasteiger partial charge in [-0.2, -0.15) is 13.2 Å². The van der Waals surface area contributed by atoms with Gasteiger partial charge in [-0.3, -0.25) is 0 Å². The van der Waals surface area contributed by atoms with E-state index < -0.39 is 12.6 Å². The van der Waals surface area contributed by atoms with Crippen LogP contribution in [0.25, 0.3) is 0 Å². The molecule has 1 radical (unpaired) electrons. The Morgan fingerprint density at radius 3 is 2.20 bits per heavy atom. The summed E-state index contributed by atoms with van der Waals surface area (Å²) in [5.74, 6) is 0. The highest BCUT2D eigenvalue weighted by atomic mass is 127. The van der Waals surface area contributed by atoms with Crippen LogP contribution in [0, 0.1) is 6.42 Å². The zero-order chi connectivity index (χ0) is 8.04. The number of hydrogen-bond acceptors (Lipinski definition) is 0. The minimum absolute atomic E-state index is 0.159. The van der Waals surface area contributed by atoms with Gasteiger partial charge in [0.25, 0.3) is 0 Å². The highest BCUT2D eigenvalue weighted by Crippen LogP contribution is 2.22. The van der Waals surface area contributed by atoms with Gasteiger partial charge in [0.1, 0.15) is 0 Å². The van der Waals surface area contributed by atoms with Crippen molar-refractivity contribution in [2.75, 3.05) is 4.43 Å². The Labute approximate surface area is 72.3 Å². The lowest BCUT2D eigenvalue weighted by atomic mass is 10.2. The van der Waals surface area contributed by atoms with Crippen LogP contribution >= 0.6 is 22.6 Å². The molecule has 0 aromatic rings. The van der Waals surface area contributed by atoms with E-state index in [0.717, 1.165) is 10.8 Å². The van der Waals surface area contributed by atoms with Crippen LogP contribution in [-0.4, -0.2) is 10.6 Å². The Morgan fingerprint density at radius 1 is 1.20 bits per heavy atom. The van der Waals surface area contributed by atoms with Crippen LogP contribution in [0.4, 0.5) is 13.2 Å². The fraction of sp³-hybridized carbons (Fsp3) is 0.833. The molecule has 0 saturated carbocycles. The molecule has 0 aliphatic rings. The maximum atomic E-state index is 11.5. The molecule has 61 valence electrons. The lowest BCUT2D eigenvalue weighted by Gasteiger charge is -2.03. The van der Waals surface area contributed by atoms with Crippen LogP contribution in [0.5, 0.6) is 0 Å². The number of hydrogen-bond donors (Lipinski definition) is 0. The van der Waals surface area contributed by atoms with E-state index in [9.17, 15) is 13.2 Å². The largest absolute Gasteiger partial charge is 0.389 e. The van der Waals surface area contributed by atoms with Gasteiger partial charge in [0.05, 0.1) is 0 Å². The lowest BCUT2D eigenvalue weighted by Crippen LogP contribution is -2.06. The van der Waals surface area contributed by atoms with Gasteiger partial charge in [-0.15, -0.1) is 0 Å². The first-order valence-electron chi connectivity index (χ1n) is 3.00. The summed E-state index contributed by atoms with van der Waals surface area (Å²) in [5.41, 5.74) is 0. The van der Waals surface area contributed by atoms with Crippen molar-refractivity contribution in [3.05, 3.63) is 6.42 Å². The van der Waals surface area contributed by atoms with Crippen molar-refractivity contribution in [2.45, 2.75) is 25.4 Å². The molecule has 0 spiro atoms.